The lowest BCUT2D eigenvalue weighted by Gasteiger charge is -2.03. The van der Waals surface area contributed by atoms with E-state index in [1.54, 1.807) is 4.68 Å². The maximum absolute atomic E-state index is 4.32. The molecule has 2 aromatic heterocycles. The molecule has 1 fully saturated rings. The molecule has 1 aliphatic rings. The predicted octanol–water partition coefficient (Wildman–Crippen LogP) is 2.09. The molecule has 0 spiro atoms. The summed E-state index contributed by atoms with van der Waals surface area (Å²) in [6.07, 6.45) is 4.00. The number of hydrogen-bond donors (Lipinski definition) is 1. The van der Waals surface area contributed by atoms with E-state index in [0.29, 0.717) is 30.3 Å². The minimum atomic E-state index is 0.564. The van der Waals surface area contributed by atoms with Crippen LogP contribution in [0.4, 0.5) is 5.82 Å². The summed E-state index contributed by atoms with van der Waals surface area (Å²) in [4.78, 5) is 8.57. The molecule has 114 valence electrons. The van der Waals surface area contributed by atoms with E-state index in [-0.39, 0.29) is 0 Å². The molecule has 3 aromatic rings. The molecule has 0 radical (unpaired) electrons. The van der Waals surface area contributed by atoms with E-state index in [2.05, 4.69) is 49.6 Å². The SMILES string of the molecule is C(#CC1CC1)CNc1ncnc2c1nnn2Cc1ccccc1. The van der Waals surface area contributed by atoms with Gasteiger partial charge in [-0.15, -0.1) is 5.10 Å². The van der Waals surface area contributed by atoms with Crippen molar-refractivity contribution in [2.24, 2.45) is 5.92 Å². The molecule has 23 heavy (non-hydrogen) atoms. The van der Waals surface area contributed by atoms with Crippen LogP contribution in [0.3, 0.4) is 0 Å². The molecule has 1 aliphatic carbocycles. The van der Waals surface area contributed by atoms with E-state index >= 15 is 0 Å². The van der Waals surface area contributed by atoms with E-state index in [9.17, 15) is 0 Å². The van der Waals surface area contributed by atoms with Crippen molar-refractivity contribution in [1.82, 2.24) is 25.0 Å². The number of aromatic nitrogens is 5. The third kappa shape index (κ3) is 3.14. The fourth-order valence-electron chi connectivity index (χ4n) is 2.33. The Hall–Kier alpha value is -2.94. The maximum atomic E-state index is 4.32. The molecule has 4 rings (SSSR count). The first-order valence-electron chi connectivity index (χ1n) is 7.70. The fourth-order valence-corrected chi connectivity index (χ4v) is 2.33. The van der Waals surface area contributed by atoms with Gasteiger partial charge in [-0.2, -0.15) is 0 Å². The Bertz CT molecular complexity index is 870. The predicted molar refractivity (Wildman–Crippen MR) is 87.7 cm³/mol. The topological polar surface area (TPSA) is 68.5 Å². The lowest BCUT2D eigenvalue weighted by Crippen LogP contribution is -2.04. The Morgan fingerprint density at radius 2 is 2.04 bits per heavy atom. The molecule has 0 atom stereocenters. The lowest BCUT2D eigenvalue weighted by molar-refractivity contribution is 0.664. The van der Waals surface area contributed by atoms with Crippen molar-refractivity contribution >= 4 is 17.0 Å². The maximum Gasteiger partial charge on any atom is 0.184 e. The van der Waals surface area contributed by atoms with Gasteiger partial charge in [-0.05, 0) is 18.4 Å². The molecule has 6 heteroatoms. The van der Waals surface area contributed by atoms with Crippen LogP contribution in [0, 0.1) is 17.8 Å². The number of hydrogen-bond acceptors (Lipinski definition) is 5. The summed E-state index contributed by atoms with van der Waals surface area (Å²) in [6.45, 7) is 1.20. The smallest absolute Gasteiger partial charge is 0.184 e. The van der Waals surface area contributed by atoms with Crippen LogP contribution in [0.1, 0.15) is 18.4 Å². The normalized spacial score (nSPS) is 13.6. The standard InChI is InChI=1S/C17H16N6/c1-2-5-14(6-3-1)11-23-17-15(21-22-23)16(19-12-20-17)18-10-4-7-13-8-9-13/h1-3,5-6,12-13H,8-11H2,(H,18,19,20). The highest BCUT2D eigenvalue weighted by Gasteiger charge is 2.17. The van der Waals surface area contributed by atoms with E-state index in [1.165, 1.54) is 19.2 Å². The number of fused-ring (bicyclic) bond motifs is 1. The third-order valence-electron chi connectivity index (χ3n) is 3.70. The quantitative estimate of drug-likeness (QED) is 0.748. The third-order valence-corrected chi connectivity index (χ3v) is 3.70. The van der Waals surface area contributed by atoms with Crippen molar-refractivity contribution in [3.05, 3.63) is 42.2 Å². The average Bonchev–Trinajstić information content (AvgIpc) is 3.33. The second kappa shape index (κ2) is 6.05. The number of anilines is 1. The molecular weight excluding hydrogens is 288 g/mol. The first kappa shape index (κ1) is 13.7. The highest BCUT2D eigenvalue weighted by molar-refractivity contribution is 5.81. The molecule has 0 saturated heterocycles. The van der Waals surface area contributed by atoms with Gasteiger partial charge in [-0.3, -0.25) is 0 Å². The van der Waals surface area contributed by atoms with Gasteiger partial charge in [0.2, 0.25) is 0 Å². The Labute approximate surface area is 134 Å². The first-order valence-corrected chi connectivity index (χ1v) is 7.70. The minimum Gasteiger partial charge on any atom is -0.357 e. The Balaban J connectivity index is 1.55. The van der Waals surface area contributed by atoms with Crippen LogP contribution in [0.15, 0.2) is 36.7 Å². The lowest BCUT2D eigenvalue weighted by atomic mass is 10.2. The summed E-state index contributed by atoms with van der Waals surface area (Å²) in [5, 5.41) is 11.6. The number of benzene rings is 1. The Kier molecular flexibility index (Phi) is 3.60. The van der Waals surface area contributed by atoms with Crippen molar-refractivity contribution in [1.29, 1.82) is 0 Å². The fraction of sp³-hybridized carbons (Fsp3) is 0.294. The van der Waals surface area contributed by atoms with Crippen molar-refractivity contribution in [2.45, 2.75) is 19.4 Å². The van der Waals surface area contributed by atoms with Crippen molar-refractivity contribution in [2.75, 3.05) is 11.9 Å². The second-order valence-electron chi connectivity index (χ2n) is 5.58. The number of rotatable bonds is 4. The zero-order valence-electron chi connectivity index (χ0n) is 12.6. The average molecular weight is 304 g/mol. The van der Waals surface area contributed by atoms with Gasteiger partial charge in [0.1, 0.15) is 6.33 Å². The van der Waals surface area contributed by atoms with Gasteiger partial charge in [0, 0.05) is 5.92 Å². The van der Waals surface area contributed by atoms with Crippen LogP contribution in [0.25, 0.3) is 11.2 Å². The Morgan fingerprint density at radius 3 is 2.87 bits per heavy atom. The van der Waals surface area contributed by atoms with Crippen molar-refractivity contribution < 1.29 is 0 Å². The molecule has 0 unspecified atom stereocenters. The van der Waals surface area contributed by atoms with E-state index in [4.69, 9.17) is 0 Å². The van der Waals surface area contributed by atoms with Gasteiger partial charge in [0.25, 0.3) is 0 Å². The van der Waals surface area contributed by atoms with Gasteiger partial charge < -0.3 is 5.32 Å². The van der Waals surface area contributed by atoms with Crippen LogP contribution in [0.2, 0.25) is 0 Å². The van der Waals surface area contributed by atoms with Gasteiger partial charge in [0.15, 0.2) is 17.0 Å². The van der Waals surface area contributed by atoms with Crippen molar-refractivity contribution in [3.63, 3.8) is 0 Å². The van der Waals surface area contributed by atoms with Gasteiger partial charge >= 0.3 is 0 Å². The molecule has 2 heterocycles. The summed E-state index contributed by atoms with van der Waals surface area (Å²) >= 11 is 0. The summed E-state index contributed by atoms with van der Waals surface area (Å²) in [5.41, 5.74) is 2.56. The number of nitrogens with one attached hydrogen (secondary N) is 1. The van der Waals surface area contributed by atoms with Gasteiger partial charge in [-0.1, -0.05) is 47.4 Å². The number of nitrogens with zero attached hydrogens (tertiary/aromatic N) is 5. The Morgan fingerprint density at radius 1 is 1.17 bits per heavy atom. The van der Waals surface area contributed by atoms with E-state index < -0.39 is 0 Å². The summed E-state index contributed by atoms with van der Waals surface area (Å²) in [6, 6.07) is 10.1. The van der Waals surface area contributed by atoms with Gasteiger partial charge in [-0.25, -0.2) is 14.6 Å². The zero-order valence-corrected chi connectivity index (χ0v) is 12.6. The molecule has 1 saturated carbocycles. The first-order chi connectivity index (χ1) is 11.4. The molecule has 6 nitrogen and oxygen atoms in total. The second-order valence-corrected chi connectivity index (χ2v) is 5.58. The van der Waals surface area contributed by atoms with Crippen LogP contribution in [-0.2, 0) is 6.54 Å². The highest BCUT2D eigenvalue weighted by Crippen LogP contribution is 2.27. The monoisotopic (exact) mass is 304 g/mol. The molecule has 0 amide bonds. The molecule has 1 N–H and O–H groups in total. The summed E-state index contributed by atoms with van der Waals surface area (Å²) in [7, 11) is 0. The van der Waals surface area contributed by atoms with Crippen LogP contribution >= 0.6 is 0 Å². The van der Waals surface area contributed by atoms with Crippen LogP contribution in [0.5, 0.6) is 0 Å². The summed E-state index contributed by atoms with van der Waals surface area (Å²) in [5.74, 6) is 7.63. The molecular formula is C17H16N6. The largest absolute Gasteiger partial charge is 0.357 e. The van der Waals surface area contributed by atoms with Crippen LogP contribution in [-0.4, -0.2) is 31.5 Å². The van der Waals surface area contributed by atoms with Crippen LogP contribution < -0.4 is 5.32 Å². The summed E-state index contributed by atoms with van der Waals surface area (Å²) < 4.78 is 1.79. The highest BCUT2D eigenvalue weighted by atomic mass is 15.4. The molecule has 0 bridgehead atoms. The van der Waals surface area contributed by atoms with Crippen molar-refractivity contribution in [3.8, 4) is 11.8 Å². The van der Waals surface area contributed by atoms with Gasteiger partial charge in [0.05, 0.1) is 13.1 Å². The van der Waals surface area contributed by atoms with E-state index in [0.717, 1.165) is 11.2 Å². The minimum absolute atomic E-state index is 0.564. The molecule has 0 aliphatic heterocycles. The molecule has 1 aromatic carbocycles. The van der Waals surface area contributed by atoms with E-state index in [1.807, 2.05) is 18.2 Å². The zero-order chi connectivity index (χ0) is 15.5.